The van der Waals surface area contributed by atoms with E-state index >= 15 is 8.78 Å². The Bertz CT molecular complexity index is 1430. The summed E-state index contributed by atoms with van der Waals surface area (Å²) >= 11 is 0. The van der Waals surface area contributed by atoms with Crippen molar-refractivity contribution < 1.29 is 27.9 Å². The van der Waals surface area contributed by atoms with Crippen molar-refractivity contribution in [1.82, 2.24) is 5.32 Å². The number of nitrogens with zero attached hydrogens (tertiary/aromatic N) is 1. The number of fused-ring (bicyclic) bond motifs is 1. The Balaban J connectivity index is 1.59. The number of carbonyl (C=O) groups is 3. The van der Waals surface area contributed by atoms with Gasteiger partial charge in [-0.25, -0.2) is 8.78 Å². The summed E-state index contributed by atoms with van der Waals surface area (Å²) in [7, 11) is 0. The zero-order chi connectivity index (χ0) is 28.9. The normalized spacial score (nSPS) is 15.2. The molecule has 208 valence electrons. The van der Waals surface area contributed by atoms with Crippen LogP contribution < -0.4 is 20.3 Å². The summed E-state index contributed by atoms with van der Waals surface area (Å²) in [6, 6.07) is 19.2. The first-order valence-corrected chi connectivity index (χ1v) is 13.1. The molecule has 1 aliphatic rings. The fraction of sp³-hybridized carbons (Fsp3) is 0.258. The van der Waals surface area contributed by atoms with Crippen LogP contribution in [0.25, 0.3) is 5.57 Å². The third-order valence-electron chi connectivity index (χ3n) is 6.30. The minimum atomic E-state index is -3.33. The predicted octanol–water partition coefficient (Wildman–Crippen LogP) is 5.93. The van der Waals surface area contributed by atoms with Gasteiger partial charge < -0.3 is 20.3 Å². The molecule has 0 unspecified atom stereocenters. The molecule has 3 amide bonds. The molecule has 7 nitrogen and oxygen atoms in total. The van der Waals surface area contributed by atoms with Gasteiger partial charge in [-0.05, 0) is 63.2 Å². The molecule has 0 bridgehead atoms. The van der Waals surface area contributed by atoms with Gasteiger partial charge in [-0.2, -0.15) is 0 Å². The Morgan fingerprint density at radius 3 is 2.38 bits per heavy atom. The fourth-order valence-corrected chi connectivity index (χ4v) is 4.48. The first-order chi connectivity index (χ1) is 19.1. The van der Waals surface area contributed by atoms with E-state index in [9.17, 15) is 14.4 Å². The highest BCUT2D eigenvalue weighted by Gasteiger charge is 2.41. The lowest BCUT2D eigenvalue weighted by atomic mass is 9.97. The van der Waals surface area contributed by atoms with E-state index in [0.29, 0.717) is 23.6 Å². The van der Waals surface area contributed by atoms with Crippen LogP contribution in [-0.4, -0.2) is 42.8 Å². The molecule has 1 aliphatic heterocycles. The number of amides is 3. The summed E-state index contributed by atoms with van der Waals surface area (Å²) in [5.74, 6) is -4.34. The van der Waals surface area contributed by atoms with Gasteiger partial charge in [0, 0.05) is 47.5 Å². The molecule has 0 radical (unpaired) electrons. The Hall–Kier alpha value is -4.53. The highest BCUT2D eigenvalue weighted by molar-refractivity contribution is 6.10. The van der Waals surface area contributed by atoms with E-state index in [1.807, 2.05) is 6.92 Å². The minimum Gasteiger partial charge on any atom is -0.493 e. The van der Waals surface area contributed by atoms with Gasteiger partial charge in [0.25, 0.3) is 17.7 Å². The molecule has 4 rings (SSSR count). The largest absolute Gasteiger partial charge is 0.493 e. The molecule has 1 heterocycles. The maximum absolute atomic E-state index is 15.3. The van der Waals surface area contributed by atoms with Gasteiger partial charge in [0.1, 0.15) is 5.75 Å². The van der Waals surface area contributed by atoms with Crippen molar-refractivity contribution in [2.45, 2.75) is 39.2 Å². The van der Waals surface area contributed by atoms with E-state index in [2.05, 4.69) is 10.6 Å². The lowest BCUT2D eigenvalue weighted by Gasteiger charge is -2.23. The Kier molecular flexibility index (Phi) is 8.62. The molecule has 3 aromatic rings. The maximum Gasteiger partial charge on any atom is 0.275 e. The summed E-state index contributed by atoms with van der Waals surface area (Å²) in [4.78, 5) is 40.0. The number of allylic oxidation sites excluding steroid dienone is 1. The van der Waals surface area contributed by atoms with Crippen LogP contribution in [0.5, 0.6) is 5.75 Å². The van der Waals surface area contributed by atoms with Crippen LogP contribution in [0.15, 0.2) is 78.9 Å². The topological polar surface area (TPSA) is 87.7 Å². The van der Waals surface area contributed by atoms with Crippen molar-refractivity contribution in [3.05, 3.63) is 95.6 Å². The third kappa shape index (κ3) is 6.36. The molecule has 0 saturated heterocycles. The number of carbonyl (C=O) groups excluding carboxylic acids is 3. The van der Waals surface area contributed by atoms with E-state index in [1.165, 1.54) is 23.1 Å². The summed E-state index contributed by atoms with van der Waals surface area (Å²) < 4.78 is 36.1. The van der Waals surface area contributed by atoms with Crippen LogP contribution in [0, 0.1) is 0 Å². The number of halogens is 2. The van der Waals surface area contributed by atoms with Gasteiger partial charge in [-0.1, -0.05) is 30.3 Å². The number of nitrogens with one attached hydrogen (secondary N) is 2. The molecule has 0 aromatic heterocycles. The quantitative estimate of drug-likeness (QED) is 0.359. The van der Waals surface area contributed by atoms with E-state index < -0.39 is 29.7 Å². The van der Waals surface area contributed by atoms with Crippen molar-refractivity contribution in [3.63, 3.8) is 0 Å². The monoisotopic (exact) mass is 547 g/mol. The second-order valence-electron chi connectivity index (χ2n) is 9.61. The van der Waals surface area contributed by atoms with Crippen LogP contribution in [0.1, 0.15) is 53.5 Å². The predicted molar refractivity (Wildman–Crippen MR) is 151 cm³/mol. The molecule has 0 aliphatic carbocycles. The van der Waals surface area contributed by atoms with Gasteiger partial charge in [0.05, 0.1) is 17.9 Å². The van der Waals surface area contributed by atoms with Crippen LogP contribution in [0.4, 0.5) is 20.2 Å². The first-order valence-electron chi connectivity index (χ1n) is 13.1. The average Bonchev–Trinajstić information content (AvgIpc) is 3.02. The van der Waals surface area contributed by atoms with Crippen molar-refractivity contribution >= 4 is 34.7 Å². The van der Waals surface area contributed by atoms with Crippen LogP contribution in [0.3, 0.4) is 0 Å². The zero-order valence-electron chi connectivity index (χ0n) is 22.5. The van der Waals surface area contributed by atoms with Gasteiger partial charge in [-0.15, -0.1) is 0 Å². The fourth-order valence-electron chi connectivity index (χ4n) is 4.48. The van der Waals surface area contributed by atoms with Gasteiger partial charge in [0.15, 0.2) is 0 Å². The van der Waals surface area contributed by atoms with Crippen molar-refractivity contribution in [1.29, 1.82) is 0 Å². The first kappa shape index (κ1) is 28.5. The number of rotatable bonds is 7. The second-order valence-corrected chi connectivity index (χ2v) is 9.61. The van der Waals surface area contributed by atoms with Crippen molar-refractivity contribution in [2.75, 3.05) is 23.4 Å². The molecular formula is C31H31F2N3O4. The summed E-state index contributed by atoms with van der Waals surface area (Å²) in [5.41, 5.74) is 1.07. The Labute approximate surface area is 231 Å². The summed E-state index contributed by atoms with van der Waals surface area (Å²) in [6.45, 7) is 5.47. The number of alkyl halides is 2. The van der Waals surface area contributed by atoms with Gasteiger partial charge >= 0.3 is 0 Å². The number of benzene rings is 3. The van der Waals surface area contributed by atoms with Crippen LogP contribution in [-0.2, 0) is 4.79 Å². The molecule has 0 saturated carbocycles. The lowest BCUT2D eigenvalue weighted by molar-refractivity contribution is -0.117. The van der Waals surface area contributed by atoms with E-state index in [4.69, 9.17) is 4.74 Å². The lowest BCUT2D eigenvalue weighted by Crippen LogP contribution is -2.33. The van der Waals surface area contributed by atoms with E-state index in [-0.39, 0.29) is 35.3 Å². The standard InChI is InChI=1S/C31H31F2N3O4/c1-4-40-27-12-8-6-10-24(27)29(38)35-22-15-13-21(14-16-22)30(39)36-18-17-31(32,33)25(19-28(37)34-20(2)3)23-9-5-7-11-26(23)36/h5-16,19-20H,4,17-18H2,1-3H3,(H,34,37)(H,35,38). The number of hydrogen-bond acceptors (Lipinski definition) is 4. The molecule has 40 heavy (non-hydrogen) atoms. The number of ether oxygens (including phenoxy) is 1. The van der Waals surface area contributed by atoms with E-state index in [1.54, 1.807) is 68.4 Å². The maximum atomic E-state index is 15.3. The highest BCUT2D eigenvalue weighted by atomic mass is 19.3. The van der Waals surface area contributed by atoms with E-state index in [0.717, 1.165) is 6.08 Å². The minimum absolute atomic E-state index is 0.120. The Morgan fingerprint density at radius 1 is 1.00 bits per heavy atom. The smallest absolute Gasteiger partial charge is 0.275 e. The molecule has 9 heteroatoms. The summed E-state index contributed by atoms with van der Waals surface area (Å²) in [5, 5.41) is 5.40. The molecule has 2 N–H and O–H groups in total. The number of anilines is 2. The number of para-hydroxylation sites is 2. The molecule has 0 atom stereocenters. The zero-order valence-corrected chi connectivity index (χ0v) is 22.5. The average molecular weight is 548 g/mol. The molecular weight excluding hydrogens is 516 g/mol. The SMILES string of the molecule is CCOc1ccccc1C(=O)Nc1ccc(C(=O)N2CCC(F)(F)C(=CC(=O)NC(C)C)c3ccccc32)cc1. The van der Waals surface area contributed by atoms with Gasteiger partial charge in [0.2, 0.25) is 5.91 Å². The van der Waals surface area contributed by atoms with Crippen molar-refractivity contribution in [3.8, 4) is 5.75 Å². The Morgan fingerprint density at radius 2 is 1.68 bits per heavy atom. The number of hydrogen-bond donors (Lipinski definition) is 2. The molecule has 0 fully saturated rings. The van der Waals surface area contributed by atoms with Gasteiger partial charge in [-0.3, -0.25) is 14.4 Å². The second kappa shape index (κ2) is 12.1. The van der Waals surface area contributed by atoms with Crippen molar-refractivity contribution in [2.24, 2.45) is 0 Å². The molecule has 0 spiro atoms. The highest BCUT2D eigenvalue weighted by Crippen LogP contribution is 2.43. The van der Waals surface area contributed by atoms with Crippen LogP contribution >= 0.6 is 0 Å². The van der Waals surface area contributed by atoms with Crippen LogP contribution in [0.2, 0.25) is 0 Å². The summed E-state index contributed by atoms with van der Waals surface area (Å²) in [6.07, 6.45) is 0.273. The third-order valence-corrected chi connectivity index (χ3v) is 6.30. The molecule has 3 aromatic carbocycles.